The zero-order chi connectivity index (χ0) is 16.4. The molecule has 122 valence electrons. The zero-order valence-corrected chi connectivity index (χ0v) is 12.6. The molecule has 1 saturated heterocycles. The van der Waals surface area contributed by atoms with Crippen LogP contribution in [0.2, 0.25) is 5.02 Å². The Morgan fingerprint density at radius 3 is 2.70 bits per heavy atom. The lowest BCUT2D eigenvalue weighted by molar-refractivity contribution is 0.0305. The lowest BCUT2D eigenvalue weighted by Gasteiger charge is -2.35. The summed E-state index contributed by atoms with van der Waals surface area (Å²) in [5.74, 6) is -2.50. The third-order valence-corrected chi connectivity index (χ3v) is 4.11. The Bertz CT molecular complexity index is 718. The van der Waals surface area contributed by atoms with Gasteiger partial charge < -0.3 is 14.6 Å². The third kappa shape index (κ3) is 2.91. The van der Waals surface area contributed by atoms with Crippen LogP contribution >= 0.6 is 11.6 Å². The minimum absolute atomic E-state index is 0.280. The van der Waals surface area contributed by atoms with Crippen molar-refractivity contribution in [3.05, 3.63) is 46.6 Å². The van der Waals surface area contributed by atoms with Gasteiger partial charge in [0.2, 0.25) is 6.39 Å². The zero-order valence-electron chi connectivity index (χ0n) is 11.8. The molecule has 1 amide bonds. The number of carbonyl (C=O) groups excluding carboxylic acids is 1. The second kappa shape index (κ2) is 6.21. The number of hydrogen-bond donors (Lipinski definition) is 1. The second-order valence-electron chi connectivity index (χ2n) is 5.13. The molecule has 1 aromatic heterocycles. The highest BCUT2D eigenvalue weighted by Crippen LogP contribution is 2.31. The first-order valence-corrected chi connectivity index (χ1v) is 7.22. The van der Waals surface area contributed by atoms with E-state index < -0.39 is 28.1 Å². The van der Waals surface area contributed by atoms with E-state index in [9.17, 15) is 13.6 Å². The van der Waals surface area contributed by atoms with E-state index in [4.69, 9.17) is 20.9 Å². The number of halogens is 3. The van der Waals surface area contributed by atoms with E-state index in [1.54, 1.807) is 0 Å². The standard InChI is InChI=1S/C14H12ClF2N3O3/c15-10-9(16)2-1-8(11(10)17)12(21)19-14(3-5-22-6-4-14)13-18-7-23-20-13/h1-2,7H,3-6H2,(H,19,21). The molecule has 1 fully saturated rings. The monoisotopic (exact) mass is 343 g/mol. The highest BCUT2D eigenvalue weighted by molar-refractivity contribution is 6.31. The van der Waals surface area contributed by atoms with Crippen LogP contribution in [-0.4, -0.2) is 29.3 Å². The van der Waals surface area contributed by atoms with Crippen LogP contribution in [0.25, 0.3) is 0 Å². The maximum absolute atomic E-state index is 14.0. The van der Waals surface area contributed by atoms with Gasteiger partial charge in [0.1, 0.15) is 16.4 Å². The van der Waals surface area contributed by atoms with Gasteiger partial charge >= 0.3 is 0 Å². The lowest BCUT2D eigenvalue weighted by atomic mass is 9.88. The molecule has 0 radical (unpaired) electrons. The van der Waals surface area contributed by atoms with Crippen molar-refractivity contribution in [2.24, 2.45) is 0 Å². The topological polar surface area (TPSA) is 77.3 Å². The summed E-state index contributed by atoms with van der Waals surface area (Å²) in [6.07, 6.45) is 1.94. The van der Waals surface area contributed by atoms with Crippen LogP contribution in [0.15, 0.2) is 23.0 Å². The van der Waals surface area contributed by atoms with E-state index in [0.29, 0.717) is 26.1 Å². The fourth-order valence-corrected chi connectivity index (χ4v) is 2.66. The van der Waals surface area contributed by atoms with Crippen LogP contribution in [0.1, 0.15) is 29.0 Å². The van der Waals surface area contributed by atoms with Gasteiger partial charge in [-0.2, -0.15) is 4.98 Å². The quantitative estimate of drug-likeness (QED) is 0.866. The smallest absolute Gasteiger partial charge is 0.255 e. The molecule has 0 unspecified atom stereocenters. The normalized spacial score (nSPS) is 17.0. The molecule has 23 heavy (non-hydrogen) atoms. The molecule has 2 aromatic rings. The number of carbonyl (C=O) groups is 1. The molecule has 0 bridgehead atoms. The van der Waals surface area contributed by atoms with Crippen molar-refractivity contribution in [2.75, 3.05) is 13.2 Å². The Labute approximate surface area is 134 Å². The molecule has 0 aliphatic carbocycles. The Morgan fingerprint density at radius 1 is 1.30 bits per heavy atom. The highest BCUT2D eigenvalue weighted by Gasteiger charge is 2.40. The first-order valence-electron chi connectivity index (χ1n) is 6.84. The van der Waals surface area contributed by atoms with Gasteiger partial charge in [0.05, 0.1) is 5.56 Å². The van der Waals surface area contributed by atoms with Crippen LogP contribution in [-0.2, 0) is 10.3 Å². The molecule has 1 aliphatic rings. The van der Waals surface area contributed by atoms with Crippen molar-refractivity contribution in [1.82, 2.24) is 15.5 Å². The minimum Gasteiger partial charge on any atom is -0.381 e. The average Bonchev–Trinajstić information content (AvgIpc) is 3.08. The molecule has 6 nitrogen and oxygen atoms in total. The largest absolute Gasteiger partial charge is 0.381 e. The third-order valence-electron chi connectivity index (χ3n) is 3.77. The molecular weight excluding hydrogens is 332 g/mol. The number of rotatable bonds is 3. The molecule has 0 saturated carbocycles. The molecule has 1 aromatic carbocycles. The fourth-order valence-electron chi connectivity index (χ4n) is 2.49. The van der Waals surface area contributed by atoms with Gasteiger partial charge in [-0.1, -0.05) is 16.8 Å². The summed E-state index contributed by atoms with van der Waals surface area (Å²) >= 11 is 5.51. The highest BCUT2D eigenvalue weighted by atomic mass is 35.5. The van der Waals surface area contributed by atoms with Crippen molar-refractivity contribution < 1.29 is 22.8 Å². The van der Waals surface area contributed by atoms with Crippen molar-refractivity contribution in [3.63, 3.8) is 0 Å². The van der Waals surface area contributed by atoms with Crippen LogP contribution < -0.4 is 5.32 Å². The van der Waals surface area contributed by atoms with E-state index in [0.717, 1.165) is 18.5 Å². The maximum atomic E-state index is 14.0. The molecule has 1 aliphatic heterocycles. The van der Waals surface area contributed by atoms with Crippen molar-refractivity contribution in [3.8, 4) is 0 Å². The van der Waals surface area contributed by atoms with Gasteiger partial charge in [-0.05, 0) is 12.1 Å². The number of amides is 1. The van der Waals surface area contributed by atoms with Crippen LogP contribution in [0.3, 0.4) is 0 Å². The Hall–Kier alpha value is -2.06. The molecular formula is C14H12ClF2N3O3. The summed E-state index contributed by atoms with van der Waals surface area (Å²) in [6.45, 7) is 0.753. The van der Waals surface area contributed by atoms with Crippen molar-refractivity contribution >= 4 is 17.5 Å². The minimum atomic E-state index is -1.11. The molecule has 1 N–H and O–H groups in total. The number of nitrogens with zero attached hydrogens (tertiary/aromatic N) is 2. The number of benzene rings is 1. The second-order valence-corrected chi connectivity index (χ2v) is 5.50. The maximum Gasteiger partial charge on any atom is 0.255 e. The summed E-state index contributed by atoms with van der Waals surface area (Å²) in [7, 11) is 0. The summed E-state index contributed by atoms with van der Waals surface area (Å²) in [5, 5.41) is 5.77. The van der Waals surface area contributed by atoms with Gasteiger partial charge in [-0.25, -0.2) is 8.78 Å². The molecule has 3 rings (SSSR count). The van der Waals surface area contributed by atoms with E-state index in [2.05, 4.69) is 15.5 Å². The van der Waals surface area contributed by atoms with Crippen LogP contribution in [0, 0.1) is 11.6 Å². The summed E-state index contributed by atoms with van der Waals surface area (Å²) in [5.41, 5.74) is -1.29. The Morgan fingerprint density at radius 2 is 2.04 bits per heavy atom. The van der Waals surface area contributed by atoms with Gasteiger partial charge in [-0.3, -0.25) is 4.79 Å². The first kappa shape index (κ1) is 15.8. The van der Waals surface area contributed by atoms with Crippen molar-refractivity contribution in [1.29, 1.82) is 0 Å². The van der Waals surface area contributed by atoms with Crippen molar-refractivity contribution in [2.45, 2.75) is 18.4 Å². The molecule has 0 spiro atoms. The molecule has 9 heteroatoms. The predicted octanol–water partition coefficient (Wildman–Crippen LogP) is 2.44. The number of hydrogen-bond acceptors (Lipinski definition) is 5. The first-order chi connectivity index (χ1) is 11.0. The van der Waals surface area contributed by atoms with Gasteiger partial charge in [0.15, 0.2) is 11.6 Å². The number of ether oxygens (including phenoxy) is 1. The van der Waals surface area contributed by atoms with E-state index in [1.807, 2.05) is 0 Å². The van der Waals surface area contributed by atoms with Crippen LogP contribution in [0.5, 0.6) is 0 Å². The molecule has 0 atom stereocenters. The fraction of sp³-hybridized carbons (Fsp3) is 0.357. The van der Waals surface area contributed by atoms with E-state index in [-0.39, 0.29) is 11.4 Å². The predicted molar refractivity (Wildman–Crippen MR) is 74.9 cm³/mol. The van der Waals surface area contributed by atoms with Crippen LogP contribution in [0.4, 0.5) is 8.78 Å². The summed E-state index contributed by atoms with van der Waals surface area (Å²) in [6, 6.07) is 1.97. The Balaban J connectivity index is 1.92. The van der Waals surface area contributed by atoms with Gasteiger partial charge in [-0.15, -0.1) is 0 Å². The lowest BCUT2D eigenvalue weighted by Crippen LogP contribution is -2.50. The number of nitrogens with one attached hydrogen (secondary N) is 1. The Kier molecular flexibility index (Phi) is 4.27. The average molecular weight is 344 g/mol. The summed E-state index contributed by atoms with van der Waals surface area (Å²) in [4.78, 5) is 16.4. The van der Waals surface area contributed by atoms with Gasteiger partial charge in [0.25, 0.3) is 5.91 Å². The van der Waals surface area contributed by atoms with E-state index in [1.165, 1.54) is 0 Å². The SMILES string of the molecule is O=C(NC1(c2ncon2)CCOCC1)c1ccc(F)c(Cl)c1F. The van der Waals surface area contributed by atoms with Gasteiger partial charge in [0, 0.05) is 26.1 Å². The van der Waals surface area contributed by atoms with E-state index >= 15 is 0 Å². The molecule has 2 heterocycles. The number of aromatic nitrogens is 2. The summed E-state index contributed by atoms with van der Waals surface area (Å²) < 4.78 is 37.3.